The van der Waals surface area contributed by atoms with Crippen molar-refractivity contribution >= 4 is 34.3 Å². The number of hydrogen-bond donors (Lipinski definition) is 1. The average Bonchev–Trinajstić information content (AvgIpc) is 3.43. The van der Waals surface area contributed by atoms with Crippen LogP contribution < -0.4 is 9.38 Å². The van der Waals surface area contributed by atoms with Crippen LogP contribution in [0, 0.1) is 6.92 Å². The van der Waals surface area contributed by atoms with E-state index in [1.54, 1.807) is 38.2 Å². The summed E-state index contributed by atoms with van der Waals surface area (Å²) in [6.45, 7) is 2.05. The zero-order valence-corrected chi connectivity index (χ0v) is 18.7. The molecular formula is C25H23N4O5+. The zero-order chi connectivity index (χ0) is 23.9. The molecule has 1 N–H and O–H groups in total. The Hall–Kier alpha value is -4.24. The third-order valence-corrected chi connectivity index (χ3v) is 6.13. The molecule has 2 unspecified atom stereocenters. The van der Waals surface area contributed by atoms with Crippen molar-refractivity contribution < 1.29 is 24.0 Å². The maximum absolute atomic E-state index is 12.6. The summed E-state index contributed by atoms with van der Waals surface area (Å²) in [5.74, 6) is 0.937. The Morgan fingerprint density at radius 3 is 2.53 bits per heavy atom. The summed E-state index contributed by atoms with van der Waals surface area (Å²) in [6, 6.07) is 20.5. The number of cyclic esters (lactones) is 1. The Labute approximate surface area is 195 Å². The number of likely N-dealkylation sites (N-methyl/N-ethyl adjacent to an activating group) is 1. The summed E-state index contributed by atoms with van der Waals surface area (Å²) in [5, 5.41) is 16.0. The number of aryl methyl sites for hydroxylation is 1. The van der Waals surface area contributed by atoms with Crippen molar-refractivity contribution in [1.29, 1.82) is 0 Å². The number of nitrogens with zero attached hydrogens (tertiary/aromatic N) is 4. The first kappa shape index (κ1) is 21.6. The quantitative estimate of drug-likeness (QED) is 0.426. The van der Waals surface area contributed by atoms with Crippen molar-refractivity contribution in [2.45, 2.75) is 13.0 Å². The second-order valence-corrected chi connectivity index (χ2v) is 8.49. The van der Waals surface area contributed by atoms with Crippen LogP contribution >= 0.6 is 0 Å². The summed E-state index contributed by atoms with van der Waals surface area (Å²) in [4.78, 5) is 30.7. The van der Waals surface area contributed by atoms with Crippen LogP contribution in [-0.2, 0) is 4.74 Å². The lowest BCUT2D eigenvalue weighted by molar-refractivity contribution is 0.107. The largest absolute Gasteiger partial charge is 0.518 e. The Morgan fingerprint density at radius 1 is 1.12 bits per heavy atom. The molecule has 1 aliphatic heterocycles. The maximum Gasteiger partial charge on any atom is 0.518 e. The van der Waals surface area contributed by atoms with Crippen molar-refractivity contribution in [1.82, 2.24) is 14.6 Å². The van der Waals surface area contributed by atoms with Gasteiger partial charge in [-0.15, -0.1) is 0 Å². The van der Waals surface area contributed by atoms with Crippen LogP contribution in [0.25, 0.3) is 22.2 Å². The lowest BCUT2D eigenvalue weighted by atomic mass is 10.1. The molecule has 0 radical (unpaired) electrons. The van der Waals surface area contributed by atoms with Crippen LogP contribution in [0.5, 0.6) is 0 Å². The summed E-state index contributed by atoms with van der Waals surface area (Å²) in [6.07, 6.45) is -2.13. The highest BCUT2D eigenvalue weighted by atomic mass is 16.6. The number of hydrogen-bond acceptors (Lipinski definition) is 6. The van der Waals surface area contributed by atoms with Crippen molar-refractivity contribution in [2.24, 2.45) is 0 Å². The first-order chi connectivity index (χ1) is 16.3. The first-order valence-electron chi connectivity index (χ1n) is 10.8. The standard InChI is InChI=1S/C25H22N4O5/c1-16-26-23(27-34-16)18-7-10-20(11-8-18)28-14-22(33-24(28)30)15-29(2,25(31)32)21-12-9-17-5-3-4-6-19(17)13-21/h3-13,22H,14-15H2,1-2H3/p+1. The number of amides is 2. The molecule has 3 aromatic carbocycles. The van der Waals surface area contributed by atoms with E-state index in [1.807, 2.05) is 42.5 Å². The third-order valence-electron chi connectivity index (χ3n) is 6.13. The number of rotatable bonds is 5. The molecule has 0 bridgehead atoms. The third kappa shape index (κ3) is 3.86. The van der Waals surface area contributed by atoms with Gasteiger partial charge in [-0.1, -0.05) is 29.4 Å². The molecule has 2 amide bonds. The number of benzene rings is 3. The SMILES string of the molecule is Cc1nc(-c2ccc(N3CC(C[N+](C)(C(=O)O)c4ccc5ccccc5c4)OC3=O)cc2)no1. The fourth-order valence-electron chi connectivity index (χ4n) is 4.22. The second kappa shape index (κ2) is 8.27. The van der Waals surface area contributed by atoms with E-state index in [9.17, 15) is 14.7 Å². The van der Waals surface area contributed by atoms with E-state index in [1.165, 1.54) is 4.90 Å². The molecule has 0 aliphatic carbocycles. The van der Waals surface area contributed by atoms with Gasteiger partial charge in [0.2, 0.25) is 11.7 Å². The van der Waals surface area contributed by atoms with Gasteiger partial charge in [0.15, 0.2) is 6.10 Å². The Bertz CT molecular complexity index is 1380. The number of carbonyl (C=O) groups excluding carboxylic acids is 1. The topological polar surface area (TPSA) is 106 Å². The average molecular weight is 459 g/mol. The molecule has 1 aromatic heterocycles. The molecule has 0 spiro atoms. The molecule has 2 atom stereocenters. The Kier molecular flexibility index (Phi) is 5.25. The van der Waals surface area contributed by atoms with Crippen LogP contribution in [0.3, 0.4) is 0 Å². The molecule has 5 rings (SSSR count). The van der Waals surface area contributed by atoms with Gasteiger partial charge in [-0.3, -0.25) is 4.90 Å². The van der Waals surface area contributed by atoms with Gasteiger partial charge in [-0.25, -0.2) is 4.79 Å². The molecule has 1 aliphatic rings. The van der Waals surface area contributed by atoms with Gasteiger partial charge < -0.3 is 14.4 Å². The van der Waals surface area contributed by atoms with E-state index in [4.69, 9.17) is 9.26 Å². The molecule has 172 valence electrons. The van der Waals surface area contributed by atoms with Crippen molar-refractivity contribution in [3.63, 3.8) is 0 Å². The van der Waals surface area contributed by atoms with E-state index in [0.29, 0.717) is 23.1 Å². The predicted molar refractivity (Wildman–Crippen MR) is 127 cm³/mol. The fraction of sp³-hybridized carbons (Fsp3) is 0.200. The number of aromatic nitrogens is 2. The molecule has 9 nitrogen and oxygen atoms in total. The number of carboxylic acid groups (broad SMARTS) is 1. The number of ether oxygens (including phenoxy) is 1. The predicted octanol–water partition coefficient (Wildman–Crippen LogP) is 4.84. The minimum atomic E-state index is -1.02. The van der Waals surface area contributed by atoms with Crippen LogP contribution in [-0.4, -0.2) is 53.7 Å². The summed E-state index contributed by atoms with van der Waals surface area (Å²) in [5.41, 5.74) is 2.02. The highest BCUT2D eigenvalue weighted by Gasteiger charge is 2.43. The molecule has 1 fully saturated rings. The normalized spacial score (nSPS) is 17.5. The van der Waals surface area contributed by atoms with Gasteiger partial charge in [0.1, 0.15) is 12.2 Å². The minimum Gasteiger partial charge on any atom is -0.438 e. The van der Waals surface area contributed by atoms with Gasteiger partial charge in [-0.2, -0.15) is 14.3 Å². The van der Waals surface area contributed by atoms with Crippen molar-refractivity contribution in [2.75, 3.05) is 25.0 Å². The smallest absolute Gasteiger partial charge is 0.438 e. The number of quaternary nitrogens is 1. The number of fused-ring (bicyclic) bond motifs is 1. The van der Waals surface area contributed by atoms with Gasteiger partial charge >= 0.3 is 12.2 Å². The molecule has 1 saturated heterocycles. The summed E-state index contributed by atoms with van der Waals surface area (Å²) < 4.78 is 10.2. The van der Waals surface area contributed by atoms with Crippen LogP contribution in [0.4, 0.5) is 21.0 Å². The van der Waals surface area contributed by atoms with E-state index < -0.39 is 22.8 Å². The highest BCUT2D eigenvalue weighted by Crippen LogP contribution is 2.30. The van der Waals surface area contributed by atoms with E-state index >= 15 is 0 Å². The molecule has 0 saturated carbocycles. The van der Waals surface area contributed by atoms with Gasteiger partial charge in [-0.05, 0) is 41.1 Å². The van der Waals surface area contributed by atoms with Crippen LogP contribution in [0.2, 0.25) is 0 Å². The van der Waals surface area contributed by atoms with Crippen molar-refractivity contribution in [3.8, 4) is 11.4 Å². The van der Waals surface area contributed by atoms with E-state index in [0.717, 1.165) is 16.3 Å². The molecular weight excluding hydrogens is 436 g/mol. The minimum absolute atomic E-state index is 0.0934. The van der Waals surface area contributed by atoms with Gasteiger partial charge in [0.05, 0.1) is 13.6 Å². The van der Waals surface area contributed by atoms with Crippen LogP contribution in [0.1, 0.15) is 5.89 Å². The molecule has 34 heavy (non-hydrogen) atoms. The number of anilines is 1. The lowest BCUT2D eigenvalue weighted by Crippen LogP contribution is -2.54. The monoisotopic (exact) mass is 459 g/mol. The first-order valence-corrected chi connectivity index (χ1v) is 10.8. The lowest BCUT2D eigenvalue weighted by Gasteiger charge is -2.29. The van der Waals surface area contributed by atoms with Crippen LogP contribution in [0.15, 0.2) is 71.3 Å². The summed E-state index contributed by atoms with van der Waals surface area (Å²) >= 11 is 0. The van der Waals surface area contributed by atoms with E-state index in [-0.39, 0.29) is 13.1 Å². The highest BCUT2D eigenvalue weighted by molar-refractivity contribution is 5.91. The fourth-order valence-corrected chi connectivity index (χ4v) is 4.22. The molecule has 4 aromatic rings. The summed E-state index contributed by atoms with van der Waals surface area (Å²) in [7, 11) is 1.62. The van der Waals surface area contributed by atoms with Crippen molar-refractivity contribution in [3.05, 3.63) is 72.6 Å². The number of carbonyl (C=O) groups is 2. The van der Waals surface area contributed by atoms with Gasteiger partial charge in [0, 0.05) is 30.3 Å². The van der Waals surface area contributed by atoms with Gasteiger partial charge in [0.25, 0.3) is 0 Å². The second-order valence-electron chi connectivity index (χ2n) is 8.49. The Balaban J connectivity index is 1.36. The zero-order valence-electron chi connectivity index (χ0n) is 18.7. The molecule has 2 heterocycles. The van der Waals surface area contributed by atoms with E-state index in [2.05, 4.69) is 10.1 Å². The Morgan fingerprint density at radius 2 is 1.85 bits per heavy atom. The maximum atomic E-state index is 12.6. The molecule has 9 heteroatoms.